The molecule has 3 nitrogen and oxygen atoms in total. The summed E-state index contributed by atoms with van der Waals surface area (Å²) in [6, 6.07) is 5.29. The van der Waals surface area contributed by atoms with Crippen LogP contribution in [0.5, 0.6) is 0 Å². The minimum absolute atomic E-state index is 0.465. The maximum atomic E-state index is 10.6. The van der Waals surface area contributed by atoms with E-state index >= 15 is 0 Å². The van der Waals surface area contributed by atoms with E-state index in [1.54, 1.807) is 24.5 Å². The second-order valence-corrected chi connectivity index (χ2v) is 3.25. The van der Waals surface area contributed by atoms with Gasteiger partial charge in [-0.3, -0.25) is 9.89 Å². The summed E-state index contributed by atoms with van der Waals surface area (Å²) in [5.41, 5.74) is 2.35. The zero-order chi connectivity index (χ0) is 9.97. The number of aromatic nitrogens is 2. The second-order valence-electron chi connectivity index (χ2n) is 2.84. The van der Waals surface area contributed by atoms with E-state index in [1.807, 2.05) is 6.07 Å². The SMILES string of the molecule is O=Cc1cc(-c2cn[nH]c2)ccc1Cl. The monoisotopic (exact) mass is 206 g/mol. The average Bonchev–Trinajstić information content (AvgIpc) is 2.71. The lowest BCUT2D eigenvalue weighted by Gasteiger charge is -1.99. The summed E-state index contributed by atoms with van der Waals surface area (Å²) in [5.74, 6) is 0. The molecule has 1 heterocycles. The van der Waals surface area contributed by atoms with Gasteiger partial charge in [-0.2, -0.15) is 5.10 Å². The molecule has 0 aliphatic carbocycles. The molecule has 2 rings (SSSR count). The van der Waals surface area contributed by atoms with E-state index in [2.05, 4.69) is 10.2 Å². The Balaban J connectivity index is 2.51. The number of carbonyl (C=O) groups excluding carboxylic acids is 1. The fraction of sp³-hybridized carbons (Fsp3) is 0. The minimum Gasteiger partial charge on any atom is -0.298 e. The van der Waals surface area contributed by atoms with Gasteiger partial charge in [0.15, 0.2) is 6.29 Å². The van der Waals surface area contributed by atoms with Crippen molar-refractivity contribution < 1.29 is 4.79 Å². The first kappa shape index (κ1) is 8.97. The molecule has 2 aromatic rings. The van der Waals surface area contributed by atoms with Crippen molar-refractivity contribution in [2.75, 3.05) is 0 Å². The zero-order valence-electron chi connectivity index (χ0n) is 7.20. The van der Waals surface area contributed by atoms with Crippen LogP contribution in [-0.4, -0.2) is 16.5 Å². The normalized spacial score (nSPS) is 10.1. The second kappa shape index (κ2) is 3.64. The number of hydrogen-bond donors (Lipinski definition) is 1. The van der Waals surface area contributed by atoms with Gasteiger partial charge >= 0.3 is 0 Å². The largest absolute Gasteiger partial charge is 0.298 e. The van der Waals surface area contributed by atoms with Crippen molar-refractivity contribution in [1.82, 2.24) is 10.2 Å². The van der Waals surface area contributed by atoms with E-state index in [1.165, 1.54) is 0 Å². The summed E-state index contributed by atoms with van der Waals surface area (Å²) < 4.78 is 0. The molecule has 0 aliphatic rings. The molecule has 0 unspecified atom stereocenters. The van der Waals surface area contributed by atoms with Gasteiger partial charge in [-0.15, -0.1) is 0 Å². The van der Waals surface area contributed by atoms with Gasteiger partial charge in [0.2, 0.25) is 0 Å². The van der Waals surface area contributed by atoms with Gasteiger partial charge in [0, 0.05) is 17.3 Å². The van der Waals surface area contributed by atoms with Gasteiger partial charge in [0.05, 0.1) is 11.2 Å². The molecule has 0 fully saturated rings. The van der Waals surface area contributed by atoms with Crippen LogP contribution in [0.1, 0.15) is 10.4 Å². The predicted octanol–water partition coefficient (Wildman–Crippen LogP) is 2.54. The highest BCUT2D eigenvalue weighted by Gasteiger charge is 2.03. The molecule has 0 atom stereocenters. The van der Waals surface area contributed by atoms with Crippen molar-refractivity contribution in [3.8, 4) is 11.1 Å². The number of halogens is 1. The highest BCUT2D eigenvalue weighted by atomic mass is 35.5. The van der Waals surface area contributed by atoms with E-state index in [9.17, 15) is 4.79 Å². The molecule has 0 amide bonds. The Kier molecular flexibility index (Phi) is 2.33. The molecule has 70 valence electrons. The van der Waals surface area contributed by atoms with Gasteiger partial charge in [0.1, 0.15) is 0 Å². The van der Waals surface area contributed by atoms with Crippen LogP contribution in [-0.2, 0) is 0 Å². The Labute approximate surface area is 85.7 Å². The number of benzene rings is 1. The van der Waals surface area contributed by atoms with E-state index in [4.69, 9.17) is 11.6 Å². The highest BCUT2D eigenvalue weighted by molar-refractivity contribution is 6.33. The maximum Gasteiger partial charge on any atom is 0.151 e. The van der Waals surface area contributed by atoms with Crippen molar-refractivity contribution in [3.63, 3.8) is 0 Å². The first-order valence-electron chi connectivity index (χ1n) is 4.05. The maximum absolute atomic E-state index is 10.6. The molecule has 0 aliphatic heterocycles. The van der Waals surface area contributed by atoms with Gasteiger partial charge in [-0.05, 0) is 17.7 Å². The third-order valence-electron chi connectivity index (χ3n) is 1.95. The van der Waals surface area contributed by atoms with Crippen LogP contribution >= 0.6 is 11.6 Å². The molecule has 4 heteroatoms. The standard InChI is InChI=1S/C10H7ClN2O/c11-10-2-1-7(3-8(10)6-14)9-4-12-13-5-9/h1-6H,(H,12,13). The van der Waals surface area contributed by atoms with E-state index in [-0.39, 0.29) is 0 Å². The van der Waals surface area contributed by atoms with Crippen molar-refractivity contribution in [2.24, 2.45) is 0 Å². The molecule has 0 bridgehead atoms. The number of rotatable bonds is 2. The Bertz CT molecular complexity index is 451. The van der Waals surface area contributed by atoms with Crippen LogP contribution in [0.15, 0.2) is 30.6 Å². The fourth-order valence-electron chi connectivity index (χ4n) is 1.22. The molecule has 14 heavy (non-hydrogen) atoms. The Morgan fingerprint density at radius 3 is 2.86 bits per heavy atom. The van der Waals surface area contributed by atoms with Gasteiger partial charge < -0.3 is 0 Å². The lowest BCUT2D eigenvalue weighted by Crippen LogP contribution is -1.83. The summed E-state index contributed by atoms with van der Waals surface area (Å²) >= 11 is 5.80. The van der Waals surface area contributed by atoms with Crippen LogP contribution in [0, 0.1) is 0 Å². The smallest absolute Gasteiger partial charge is 0.151 e. The molecule has 1 aromatic heterocycles. The number of nitrogens with one attached hydrogen (secondary N) is 1. The third-order valence-corrected chi connectivity index (χ3v) is 2.30. The summed E-state index contributed by atoms with van der Waals surface area (Å²) in [7, 11) is 0. The summed E-state index contributed by atoms with van der Waals surface area (Å²) in [4.78, 5) is 10.6. The molecule has 0 radical (unpaired) electrons. The van der Waals surface area contributed by atoms with Crippen LogP contribution < -0.4 is 0 Å². The average molecular weight is 207 g/mol. The molecule has 1 aromatic carbocycles. The summed E-state index contributed by atoms with van der Waals surface area (Å²) in [6.07, 6.45) is 4.20. The first-order chi connectivity index (χ1) is 6.81. The number of nitrogens with zero attached hydrogens (tertiary/aromatic N) is 1. The number of hydrogen-bond acceptors (Lipinski definition) is 2. The summed E-state index contributed by atoms with van der Waals surface area (Å²) in [5, 5.41) is 7.00. The van der Waals surface area contributed by atoms with E-state index in [0.29, 0.717) is 10.6 Å². The molecule has 0 saturated carbocycles. The number of H-pyrrole nitrogens is 1. The van der Waals surface area contributed by atoms with Crippen LogP contribution in [0.2, 0.25) is 5.02 Å². The molecule has 0 spiro atoms. The molecule has 1 N–H and O–H groups in total. The van der Waals surface area contributed by atoms with Crippen molar-refractivity contribution >= 4 is 17.9 Å². The topological polar surface area (TPSA) is 45.8 Å². The zero-order valence-corrected chi connectivity index (χ0v) is 7.95. The van der Waals surface area contributed by atoms with E-state index in [0.717, 1.165) is 17.4 Å². The lowest BCUT2D eigenvalue weighted by atomic mass is 10.1. The Morgan fingerprint density at radius 1 is 1.36 bits per heavy atom. The Hall–Kier alpha value is -1.61. The minimum atomic E-state index is 0.465. The number of carbonyl (C=O) groups is 1. The Morgan fingerprint density at radius 2 is 2.21 bits per heavy atom. The van der Waals surface area contributed by atoms with Crippen LogP contribution in [0.25, 0.3) is 11.1 Å². The van der Waals surface area contributed by atoms with Gasteiger partial charge in [0.25, 0.3) is 0 Å². The molecular formula is C10H7ClN2O. The van der Waals surface area contributed by atoms with Crippen molar-refractivity contribution in [1.29, 1.82) is 0 Å². The van der Waals surface area contributed by atoms with Crippen molar-refractivity contribution in [3.05, 3.63) is 41.2 Å². The fourth-order valence-corrected chi connectivity index (χ4v) is 1.38. The van der Waals surface area contributed by atoms with Crippen LogP contribution in [0.4, 0.5) is 0 Å². The van der Waals surface area contributed by atoms with Crippen molar-refractivity contribution in [2.45, 2.75) is 0 Å². The van der Waals surface area contributed by atoms with Gasteiger partial charge in [-0.1, -0.05) is 17.7 Å². The third kappa shape index (κ3) is 1.54. The highest BCUT2D eigenvalue weighted by Crippen LogP contribution is 2.23. The first-order valence-corrected chi connectivity index (χ1v) is 4.43. The summed E-state index contributed by atoms with van der Waals surface area (Å²) in [6.45, 7) is 0. The van der Waals surface area contributed by atoms with Crippen LogP contribution in [0.3, 0.4) is 0 Å². The number of aldehydes is 1. The predicted molar refractivity (Wildman–Crippen MR) is 54.4 cm³/mol. The van der Waals surface area contributed by atoms with Gasteiger partial charge in [-0.25, -0.2) is 0 Å². The lowest BCUT2D eigenvalue weighted by molar-refractivity contribution is 0.112. The molecular weight excluding hydrogens is 200 g/mol. The van der Waals surface area contributed by atoms with E-state index < -0.39 is 0 Å². The number of aromatic amines is 1. The quantitative estimate of drug-likeness (QED) is 0.768. The molecule has 0 saturated heterocycles.